The molecule has 2 rings (SSSR count). The van der Waals surface area contributed by atoms with Crippen LogP contribution in [0.15, 0.2) is 17.1 Å². The molecule has 18 heavy (non-hydrogen) atoms. The first-order valence-electron chi connectivity index (χ1n) is 6.44. The second-order valence-electron chi connectivity index (χ2n) is 4.41. The Labute approximate surface area is 112 Å². The van der Waals surface area contributed by atoms with Crippen molar-refractivity contribution in [1.82, 2.24) is 14.5 Å². The lowest BCUT2D eigenvalue weighted by molar-refractivity contribution is 0.634. The summed E-state index contributed by atoms with van der Waals surface area (Å²) in [5, 5.41) is 5.49. The quantitative estimate of drug-likeness (QED) is 0.835. The Morgan fingerprint density at radius 2 is 2.33 bits per heavy atom. The van der Waals surface area contributed by atoms with Crippen LogP contribution in [0.4, 0.5) is 5.95 Å². The summed E-state index contributed by atoms with van der Waals surface area (Å²) in [7, 11) is 0. The van der Waals surface area contributed by atoms with E-state index >= 15 is 0 Å². The van der Waals surface area contributed by atoms with Gasteiger partial charge in [0, 0.05) is 31.1 Å². The number of hydrogen-bond donors (Lipinski definition) is 1. The minimum Gasteiger partial charge on any atom is -0.355 e. The van der Waals surface area contributed by atoms with Gasteiger partial charge in [0.15, 0.2) is 0 Å². The fourth-order valence-corrected chi connectivity index (χ4v) is 2.44. The summed E-state index contributed by atoms with van der Waals surface area (Å²) in [6.07, 6.45) is 5.45. The van der Waals surface area contributed by atoms with Crippen molar-refractivity contribution >= 4 is 17.3 Å². The first-order chi connectivity index (χ1) is 8.79. The Hall–Kier alpha value is -1.36. The zero-order chi connectivity index (χ0) is 12.8. The van der Waals surface area contributed by atoms with Crippen molar-refractivity contribution in [3.63, 3.8) is 0 Å². The van der Waals surface area contributed by atoms with Gasteiger partial charge in [-0.15, -0.1) is 11.3 Å². The third-order valence-electron chi connectivity index (χ3n) is 2.80. The van der Waals surface area contributed by atoms with E-state index in [1.807, 2.05) is 12.4 Å². The van der Waals surface area contributed by atoms with Gasteiger partial charge in [0.1, 0.15) is 0 Å². The van der Waals surface area contributed by atoms with Crippen LogP contribution in [-0.4, -0.2) is 21.1 Å². The van der Waals surface area contributed by atoms with Crippen LogP contribution in [0, 0.1) is 6.92 Å². The zero-order valence-corrected chi connectivity index (χ0v) is 11.8. The van der Waals surface area contributed by atoms with E-state index in [1.165, 1.54) is 12.8 Å². The lowest BCUT2D eigenvalue weighted by atomic mass is 10.3. The Morgan fingerprint density at radius 1 is 1.44 bits per heavy atom. The van der Waals surface area contributed by atoms with Gasteiger partial charge in [-0.05, 0) is 13.3 Å². The molecule has 0 saturated heterocycles. The maximum absolute atomic E-state index is 4.52. The van der Waals surface area contributed by atoms with E-state index in [0.29, 0.717) is 0 Å². The standard InChI is InChI=1S/C13H20N4S/c1-3-4-7-17-8-11(2)16-13(17)14-6-5-12-9-18-10-15-12/h8-10H,3-7H2,1-2H3,(H,14,16). The Bertz CT molecular complexity index is 461. The van der Waals surface area contributed by atoms with Crippen LogP contribution >= 0.6 is 11.3 Å². The van der Waals surface area contributed by atoms with Crippen LogP contribution in [0.2, 0.25) is 0 Å². The minimum absolute atomic E-state index is 0.881. The first kappa shape index (κ1) is 13.1. The van der Waals surface area contributed by atoms with E-state index in [1.54, 1.807) is 11.3 Å². The maximum Gasteiger partial charge on any atom is 0.203 e. The highest BCUT2D eigenvalue weighted by Crippen LogP contribution is 2.10. The number of thiazole rings is 1. The largest absolute Gasteiger partial charge is 0.355 e. The first-order valence-corrected chi connectivity index (χ1v) is 7.38. The van der Waals surface area contributed by atoms with E-state index in [0.717, 1.165) is 36.8 Å². The van der Waals surface area contributed by atoms with Gasteiger partial charge in [0.25, 0.3) is 0 Å². The smallest absolute Gasteiger partial charge is 0.203 e. The SMILES string of the molecule is CCCCn1cc(C)nc1NCCc1cscn1. The van der Waals surface area contributed by atoms with E-state index in [4.69, 9.17) is 0 Å². The molecule has 98 valence electrons. The molecule has 2 heterocycles. The number of anilines is 1. The van der Waals surface area contributed by atoms with Crippen LogP contribution in [0.1, 0.15) is 31.2 Å². The third kappa shape index (κ3) is 3.57. The monoisotopic (exact) mass is 264 g/mol. The molecule has 5 heteroatoms. The van der Waals surface area contributed by atoms with E-state index in [9.17, 15) is 0 Å². The van der Waals surface area contributed by atoms with Crippen molar-refractivity contribution < 1.29 is 0 Å². The number of imidazole rings is 1. The number of aromatic nitrogens is 3. The molecule has 0 aliphatic carbocycles. The molecule has 0 saturated carbocycles. The number of hydrogen-bond acceptors (Lipinski definition) is 4. The molecule has 0 atom stereocenters. The van der Waals surface area contributed by atoms with Crippen molar-refractivity contribution in [2.45, 2.75) is 39.7 Å². The van der Waals surface area contributed by atoms with Crippen LogP contribution < -0.4 is 5.32 Å². The molecule has 0 aromatic carbocycles. The summed E-state index contributed by atoms with van der Waals surface area (Å²) in [6.45, 7) is 6.16. The lowest BCUT2D eigenvalue weighted by Crippen LogP contribution is -2.10. The fourth-order valence-electron chi connectivity index (χ4n) is 1.85. The Kier molecular flexibility index (Phi) is 4.75. The average molecular weight is 264 g/mol. The summed E-state index contributed by atoms with van der Waals surface area (Å²) in [4.78, 5) is 8.79. The molecule has 0 aliphatic rings. The van der Waals surface area contributed by atoms with Gasteiger partial charge in [-0.1, -0.05) is 13.3 Å². The third-order valence-corrected chi connectivity index (χ3v) is 3.43. The Morgan fingerprint density at radius 3 is 3.06 bits per heavy atom. The summed E-state index contributed by atoms with van der Waals surface area (Å²) < 4.78 is 2.21. The second kappa shape index (κ2) is 6.54. The summed E-state index contributed by atoms with van der Waals surface area (Å²) >= 11 is 1.64. The topological polar surface area (TPSA) is 42.7 Å². The normalized spacial score (nSPS) is 10.8. The number of rotatable bonds is 7. The summed E-state index contributed by atoms with van der Waals surface area (Å²) in [5.41, 5.74) is 4.10. The lowest BCUT2D eigenvalue weighted by Gasteiger charge is -2.08. The van der Waals surface area contributed by atoms with Gasteiger partial charge >= 0.3 is 0 Å². The Balaban J connectivity index is 1.87. The summed E-state index contributed by atoms with van der Waals surface area (Å²) in [6, 6.07) is 0. The number of aryl methyl sites for hydroxylation is 2. The van der Waals surface area contributed by atoms with E-state index < -0.39 is 0 Å². The molecule has 0 spiro atoms. The highest BCUT2D eigenvalue weighted by Gasteiger charge is 2.04. The highest BCUT2D eigenvalue weighted by atomic mass is 32.1. The summed E-state index contributed by atoms with van der Waals surface area (Å²) in [5.74, 6) is 0.983. The zero-order valence-electron chi connectivity index (χ0n) is 11.0. The second-order valence-corrected chi connectivity index (χ2v) is 5.13. The van der Waals surface area contributed by atoms with Gasteiger partial charge in [-0.2, -0.15) is 0 Å². The number of unbranched alkanes of at least 4 members (excludes halogenated alkanes) is 1. The van der Waals surface area contributed by atoms with Crippen molar-refractivity contribution in [3.05, 3.63) is 28.5 Å². The predicted octanol–water partition coefficient (Wildman–Crippen LogP) is 3.10. The van der Waals surface area contributed by atoms with Crippen molar-refractivity contribution in [2.24, 2.45) is 0 Å². The molecule has 0 fully saturated rings. The van der Waals surface area contributed by atoms with E-state index in [-0.39, 0.29) is 0 Å². The van der Waals surface area contributed by atoms with Gasteiger partial charge in [-0.3, -0.25) is 0 Å². The minimum atomic E-state index is 0.881. The molecule has 0 aliphatic heterocycles. The molecular weight excluding hydrogens is 244 g/mol. The molecule has 0 unspecified atom stereocenters. The van der Waals surface area contributed by atoms with Crippen molar-refractivity contribution in [3.8, 4) is 0 Å². The van der Waals surface area contributed by atoms with Crippen molar-refractivity contribution in [2.75, 3.05) is 11.9 Å². The van der Waals surface area contributed by atoms with Crippen LogP contribution in [-0.2, 0) is 13.0 Å². The molecule has 0 radical (unpaired) electrons. The molecule has 4 nitrogen and oxygen atoms in total. The van der Waals surface area contributed by atoms with Crippen molar-refractivity contribution in [1.29, 1.82) is 0 Å². The molecule has 2 aromatic rings. The average Bonchev–Trinajstić information content (AvgIpc) is 2.97. The molecule has 2 aromatic heterocycles. The highest BCUT2D eigenvalue weighted by molar-refractivity contribution is 7.07. The van der Waals surface area contributed by atoms with Gasteiger partial charge in [0.05, 0.1) is 16.9 Å². The predicted molar refractivity (Wildman–Crippen MR) is 76.2 cm³/mol. The van der Waals surface area contributed by atoms with Crippen LogP contribution in [0.3, 0.4) is 0 Å². The van der Waals surface area contributed by atoms with Crippen LogP contribution in [0.25, 0.3) is 0 Å². The van der Waals surface area contributed by atoms with Gasteiger partial charge in [0.2, 0.25) is 5.95 Å². The van der Waals surface area contributed by atoms with Gasteiger partial charge < -0.3 is 9.88 Å². The maximum atomic E-state index is 4.52. The van der Waals surface area contributed by atoms with Gasteiger partial charge in [-0.25, -0.2) is 9.97 Å². The number of nitrogens with one attached hydrogen (secondary N) is 1. The molecule has 0 amide bonds. The molecular formula is C13H20N4S. The molecule has 1 N–H and O–H groups in total. The van der Waals surface area contributed by atoms with E-state index in [2.05, 4.69) is 38.4 Å². The van der Waals surface area contributed by atoms with Crippen LogP contribution in [0.5, 0.6) is 0 Å². The molecule has 0 bridgehead atoms. The number of nitrogens with zero attached hydrogens (tertiary/aromatic N) is 3. The fraction of sp³-hybridized carbons (Fsp3) is 0.538.